The van der Waals surface area contributed by atoms with E-state index in [-0.39, 0.29) is 10.2 Å². The van der Waals surface area contributed by atoms with E-state index in [1.54, 1.807) is 7.05 Å². The zero-order valence-electron chi connectivity index (χ0n) is 5.93. The molecule has 0 aliphatic carbocycles. The van der Waals surface area contributed by atoms with Gasteiger partial charge in [0.2, 0.25) is 11.8 Å². The van der Waals surface area contributed by atoms with Crippen molar-refractivity contribution in [3.63, 3.8) is 0 Å². The van der Waals surface area contributed by atoms with E-state index in [1.165, 1.54) is 0 Å². The van der Waals surface area contributed by atoms with Crippen molar-refractivity contribution in [2.45, 2.75) is 13.0 Å². The van der Waals surface area contributed by atoms with Crippen molar-refractivity contribution in [3.05, 3.63) is 0 Å². The second-order valence-electron chi connectivity index (χ2n) is 2.29. The van der Waals surface area contributed by atoms with Gasteiger partial charge < -0.3 is 4.74 Å². The maximum absolute atomic E-state index is 10.9. The minimum atomic E-state index is -0.434. The molecule has 1 fully saturated rings. The number of halogens is 1. The molecule has 2 unspecified atom stereocenters. The molecule has 2 atom stereocenters. The van der Waals surface area contributed by atoms with Gasteiger partial charge in [0.15, 0.2) is 12.6 Å². The van der Waals surface area contributed by atoms with Crippen molar-refractivity contribution >= 4 is 17.9 Å². The molecule has 1 rings (SSSR count). The number of carbonyl (C=O) groups excluding carboxylic acids is 1. The van der Waals surface area contributed by atoms with Gasteiger partial charge in [0.25, 0.3) is 0 Å². The Labute approximate surface area is 64.4 Å². The van der Waals surface area contributed by atoms with Crippen molar-refractivity contribution in [2.24, 2.45) is 0 Å². The standard InChI is InChI=1S/C5H10ClN2O2/c1-4-3-10-5(9)8(4,6)7-2/h4,7H,3H2,1-2H3/q+1. The van der Waals surface area contributed by atoms with E-state index in [0.717, 1.165) is 0 Å². The van der Waals surface area contributed by atoms with Gasteiger partial charge in [0.1, 0.15) is 0 Å². The normalized spacial score (nSPS) is 39.9. The highest BCUT2D eigenvalue weighted by Crippen LogP contribution is 2.22. The largest absolute Gasteiger partial charge is 0.555 e. The first kappa shape index (κ1) is 7.78. The molecule has 1 aliphatic rings. The van der Waals surface area contributed by atoms with Gasteiger partial charge in [-0.3, -0.25) is 0 Å². The van der Waals surface area contributed by atoms with Crippen LogP contribution in [0.1, 0.15) is 6.92 Å². The van der Waals surface area contributed by atoms with E-state index in [2.05, 4.69) is 5.43 Å². The van der Waals surface area contributed by atoms with Crippen LogP contribution in [-0.2, 0) is 4.74 Å². The third-order valence-corrected chi connectivity index (χ3v) is 2.29. The summed E-state index contributed by atoms with van der Waals surface area (Å²) in [6.07, 6.45) is -0.434. The Balaban J connectivity index is 2.80. The lowest BCUT2D eigenvalue weighted by molar-refractivity contribution is -0.793. The first-order chi connectivity index (χ1) is 4.61. The van der Waals surface area contributed by atoms with Gasteiger partial charge in [0, 0.05) is 7.05 Å². The molecule has 0 aromatic carbocycles. The summed E-state index contributed by atoms with van der Waals surface area (Å²) in [6, 6.07) is -0.0285. The third kappa shape index (κ3) is 0.885. The summed E-state index contributed by atoms with van der Waals surface area (Å²) in [6.45, 7) is 2.22. The van der Waals surface area contributed by atoms with Crippen molar-refractivity contribution in [1.29, 1.82) is 0 Å². The third-order valence-electron chi connectivity index (χ3n) is 1.65. The van der Waals surface area contributed by atoms with E-state index >= 15 is 0 Å². The first-order valence-corrected chi connectivity index (χ1v) is 3.40. The van der Waals surface area contributed by atoms with Crippen LogP contribution in [0.15, 0.2) is 0 Å². The summed E-state index contributed by atoms with van der Waals surface area (Å²) < 4.78 is 4.36. The van der Waals surface area contributed by atoms with Gasteiger partial charge in [-0.2, -0.15) is 4.79 Å². The maximum Gasteiger partial charge on any atom is 0.555 e. The highest BCUT2D eigenvalue weighted by Gasteiger charge is 2.50. The number of carbonyl (C=O) groups is 1. The average molecular weight is 166 g/mol. The van der Waals surface area contributed by atoms with Gasteiger partial charge in [-0.15, -0.1) is 5.43 Å². The van der Waals surface area contributed by atoms with Gasteiger partial charge >= 0.3 is 6.09 Å². The molecular weight excluding hydrogens is 156 g/mol. The van der Waals surface area contributed by atoms with Crippen LogP contribution in [0.4, 0.5) is 4.79 Å². The quantitative estimate of drug-likeness (QED) is 0.580. The molecule has 4 nitrogen and oxygen atoms in total. The number of amides is 1. The fourth-order valence-corrected chi connectivity index (χ4v) is 0.985. The number of ether oxygens (including phenoxy) is 1. The molecule has 0 saturated carbocycles. The Morgan fingerprint density at radius 3 is 2.70 bits per heavy atom. The van der Waals surface area contributed by atoms with E-state index in [0.29, 0.717) is 6.61 Å². The number of nitrogens with zero attached hydrogens (tertiary/aromatic N) is 1. The zero-order chi connectivity index (χ0) is 7.78. The van der Waals surface area contributed by atoms with Gasteiger partial charge in [-0.25, -0.2) is 0 Å². The molecule has 0 aromatic heterocycles. The molecule has 0 spiro atoms. The smallest absolute Gasteiger partial charge is 0.411 e. The molecule has 10 heavy (non-hydrogen) atoms. The van der Waals surface area contributed by atoms with Crippen molar-refractivity contribution in [1.82, 2.24) is 5.43 Å². The molecule has 5 heteroatoms. The lowest BCUT2D eigenvalue weighted by Gasteiger charge is -2.18. The Kier molecular flexibility index (Phi) is 1.85. The van der Waals surface area contributed by atoms with Crippen molar-refractivity contribution in [2.75, 3.05) is 13.7 Å². The van der Waals surface area contributed by atoms with Gasteiger partial charge in [-0.05, 0) is 11.0 Å². The lowest BCUT2D eigenvalue weighted by atomic mass is 10.4. The highest BCUT2D eigenvalue weighted by molar-refractivity contribution is 6.11. The van der Waals surface area contributed by atoms with Crippen LogP contribution in [0, 0.1) is 0 Å². The molecule has 1 aliphatic heterocycles. The van der Waals surface area contributed by atoms with Crippen molar-refractivity contribution in [3.8, 4) is 0 Å². The van der Waals surface area contributed by atoms with Gasteiger partial charge in [-0.1, -0.05) is 0 Å². The second kappa shape index (κ2) is 2.38. The molecule has 0 aromatic rings. The molecule has 1 N–H and O–H groups in total. The van der Waals surface area contributed by atoms with E-state index < -0.39 is 6.09 Å². The van der Waals surface area contributed by atoms with Crippen LogP contribution in [0.2, 0.25) is 0 Å². The minimum absolute atomic E-state index is 0.0285. The summed E-state index contributed by atoms with van der Waals surface area (Å²) in [5.74, 6) is 0. The number of nitrogens with one attached hydrogen (secondary N) is 1. The topological polar surface area (TPSA) is 38.3 Å². The van der Waals surface area contributed by atoms with E-state index in [1.807, 2.05) is 6.92 Å². The summed E-state index contributed by atoms with van der Waals surface area (Å²) in [4.78, 5) is 10.9. The van der Waals surface area contributed by atoms with Crippen LogP contribution < -0.4 is 5.43 Å². The maximum atomic E-state index is 10.9. The number of cyclic esters (lactones) is 1. The molecule has 0 bridgehead atoms. The molecule has 58 valence electrons. The SMILES string of the molecule is CN[N+]1(Cl)C(=O)OCC1C. The minimum Gasteiger partial charge on any atom is -0.411 e. The second-order valence-corrected chi connectivity index (χ2v) is 2.82. The fourth-order valence-electron chi connectivity index (χ4n) is 0.880. The molecule has 1 heterocycles. The van der Waals surface area contributed by atoms with Crippen LogP contribution in [-0.4, -0.2) is 29.9 Å². The molecule has 1 saturated heterocycles. The summed E-state index contributed by atoms with van der Waals surface area (Å²) in [7, 11) is 1.62. The fraction of sp³-hybridized carbons (Fsp3) is 0.800. The predicted molar refractivity (Wildman–Crippen MR) is 36.0 cm³/mol. The molecule has 0 radical (unpaired) electrons. The number of quaternary nitrogens is 1. The van der Waals surface area contributed by atoms with Gasteiger partial charge in [0.05, 0.1) is 0 Å². The van der Waals surface area contributed by atoms with Crippen LogP contribution in [0.3, 0.4) is 0 Å². The molecule has 1 amide bonds. The van der Waals surface area contributed by atoms with E-state index in [9.17, 15) is 4.79 Å². The Hall–Kier alpha value is -0.320. The Morgan fingerprint density at radius 1 is 1.90 bits per heavy atom. The predicted octanol–water partition coefficient (Wildman–Crippen LogP) is 0.630. The lowest BCUT2D eigenvalue weighted by Crippen LogP contribution is -2.53. The highest BCUT2D eigenvalue weighted by atomic mass is 35.5. The summed E-state index contributed by atoms with van der Waals surface area (Å²) in [5.41, 5.74) is 2.67. The number of hydrogen-bond acceptors (Lipinski definition) is 3. The molecular formula is C5H10ClN2O2+. The summed E-state index contributed by atoms with van der Waals surface area (Å²) >= 11 is 5.81. The Bertz CT molecular complexity index is 164. The Morgan fingerprint density at radius 2 is 2.50 bits per heavy atom. The van der Waals surface area contributed by atoms with Crippen LogP contribution in [0.25, 0.3) is 0 Å². The van der Waals surface area contributed by atoms with E-state index in [4.69, 9.17) is 16.5 Å². The number of hydrogen-bond donors (Lipinski definition) is 1. The van der Waals surface area contributed by atoms with Crippen molar-refractivity contribution < 1.29 is 13.6 Å². The number of rotatable bonds is 1. The summed E-state index contributed by atoms with van der Waals surface area (Å²) in [5, 5.41) is 0. The monoisotopic (exact) mass is 165 g/mol. The van der Waals surface area contributed by atoms with Crippen LogP contribution >= 0.6 is 11.8 Å². The van der Waals surface area contributed by atoms with Crippen LogP contribution in [0.5, 0.6) is 0 Å². The first-order valence-electron chi connectivity index (χ1n) is 3.06. The average Bonchev–Trinajstić information content (AvgIpc) is 2.18. The zero-order valence-corrected chi connectivity index (χ0v) is 6.68.